The van der Waals surface area contributed by atoms with E-state index in [4.69, 9.17) is 10.2 Å². The van der Waals surface area contributed by atoms with Gasteiger partial charge in [-0.05, 0) is 13.0 Å². The lowest BCUT2D eigenvalue weighted by Crippen LogP contribution is -2.35. The van der Waals surface area contributed by atoms with Gasteiger partial charge >= 0.3 is 5.97 Å². The Morgan fingerprint density at radius 3 is 1.96 bits per heavy atom. The van der Waals surface area contributed by atoms with E-state index < -0.39 is 5.97 Å². The highest BCUT2D eigenvalue weighted by Gasteiger charge is 2.06. The topological polar surface area (TPSA) is 72.8 Å². The molecule has 0 radical (unpaired) electrons. The van der Waals surface area contributed by atoms with Gasteiger partial charge in [-0.3, -0.25) is 9.69 Å². The summed E-state index contributed by atoms with van der Waals surface area (Å²) in [5, 5.41) is 21.1. The van der Waals surface area contributed by atoms with Gasteiger partial charge in [-0.15, -0.1) is 0 Å². The van der Waals surface area contributed by atoms with E-state index in [9.17, 15) is 4.79 Å². The second-order valence-electron chi connectivity index (χ2n) is 6.64. The summed E-state index contributed by atoms with van der Waals surface area (Å²) in [6.45, 7) is 6.08. The Balaban J connectivity index is 3.31. The molecule has 0 spiro atoms. The maximum Gasteiger partial charge on any atom is 0.304 e. The summed E-state index contributed by atoms with van der Waals surface area (Å²) in [7, 11) is 0. The van der Waals surface area contributed by atoms with Crippen molar-refractivity contribution in [3.05, 3.63) is 0 Å². The molecular weight excluding hydrogens is 304 g/mol. The van der Waals surface area contributed by atoms with Gasteiger partial charge in [0.15, 0.2) is 0 Å². The van der Waals surface area contributed by atoms with Crippen molar-refractivity contribution in [3.8, 4) is 0 Å². The number of carbonyl (C=O) groups is 1. The number of carboxylic acids is 1. The fraction of sp³-hybridized carbons (Fsp3) is 0.947. The summed E-state index contributed by atoms with van der Waals surface area (Å²) in [4.78, 5) is 12.6. The van der Waals surface area contributed by atoms with Crippen molar-refractivity contribution in [2.24, 2.45) is 0 Å². The van der Waals surface area contributed by atoms with Crippen LogP contribution in [0, 0.1) is 0 Å². The predicted molar refractivity (Wildman–Crippen MR) is 100 cm³/mol. The zero-order chi connectivity index (χ0) is 17.9. The molecule has 144 valence electrons. The normalized spacial score (nSPS) is 11.3. The lowest BCUT2D eigenvalue weighted by Gasteiger charge is -2.20. The van der Waals surface area contributed by atoms with E-state index in [-0.39, 0.29) is 13.0 Å². The molecule has 0 amide bonds. The summed E-state index contributed by atoms with van der Waals surface area (Å²) in [5.41, 5.74) is 0. The van der Waals surface area contributed by atoms with E-state index in [0.29, 0.717) is 13.1 Å². The number of aliphatic hydroxyl groups is 1. The number of unbranched alkanes of at least 4 members (excludes halogenated alkanes) is 9. The van der Waals surface area contributed by atoms with E-state index in [2.05, 4.69) is 12.2 Å². The zero-order valence-electron chi connectivity index (χ0n) is 15.8. The molecule has 0 fully saturated rings. The maximum absolute atomic E-state index is 10.6. The van der Waals surface area contributed by atoms with Gasteiger partial charge in [-0.2, -0.15) is 0 Å². The molecule has 0 saturated heterocycles. The van der Waals surface area contributed by atoms with Crippen LogP contribution in [0.4, 0.5) is 0 Å². The highest BCUT2D eigenvalue weighted by atomic mass is 16.4. The third-order valence-corrected chi connectivity index (χ3v) is 4.37. The molecule has 0 aliphatic heterocycles. The summed E-state index contributed by atoms with van der Waals surface area (Å²) in [6.07, 6.45) is 13.6. The molecule has 3 N–H and O–H groups in total. The molecule has 0 aliphatic rings. The van der Waals surface area contributed by atoms with Gasteiger partial charge < -0.3 is 15.5 Å². The molecule has 0 saturated carbocycles. The number of hydrogen-bond acceptors (Lipinski definition) is 4. The molecule has 0 aromatic carbocycles. The minimum Gasteiger partial charge on any atom is -0.481 e. The van der Waals surface area contributed by atoms with E-state index in [0.717, 1.165) is 19.6 Å². The number of hydrogen-bond donors (Lipinski definition) is 3. The molecule has 0 rings (SSSR count). The quantitative estimate of drug-likeness (QED) is 0.314. The molecule has 0 bridgehead atoms. The Bertz CT molecular complexity index is 275. The number of aliphatic carboxylic acids is 1. The molecule has 5 nitrogen and oxygen atoms in total. The highest BCUT2D eigenvalue weighted by molar-refractivity contribution is 5.66. The summed E-state index contributed by atoms with van der Waals surface area (Å²) in [5.74, 6) is -0.781. The average molecular weight is 345 g/mol. The van der Waals surface area contributed by atoms with Gasteiger partial charge in [-0.25, -0.2) is 0 Å². The van der Waals surface area contributed by atoms with Crippen LogP contribution in [0.2, 0.25) is 0 Å². The molecule has 5 heteroatoms. The van der Waals surface area contributed by atoms with Crippen molar-refractivity contribution in [2.75, 3.05) is 39.3 Å². The Morgan fingerprint density at radius 1 is 0.833 bits per heavy atom. The summed E-state index contributed by atoms with van der Waals surface area (Å²) in [6, 6.07) is 0. The van der Waals surface area contributed by atoms with Crippen LogP contribution in [0.3, 0.4) is 0 Å². The number of rotatable bonds is 19. The van der Waals surface area contributed by atoms with Crippen LogP contribution in [0.5, 0.6) is 0 Å². The van der Waals surface area contributed by atoms with Crippen LogP contribution in [0.25, 0.3) is 0 Å². The molecular formula is C19H40N2O3. The van der Waals surface area contributed by atoms with Crippen LogP contribution < -0.4 is 5.32 Å². The molecule has 0 atom stereocenters. The second kappa shape index (κ2) is 18.7. The fourth-order valence-corrected chi connectivity index (χ4v) is 2.83. The third kappa shape index (κ3) is 17.7. The van der Waals surface area contributed by atoms with E-state index in [1.165, 1.54) is 64.2 Å². The zero-order valence-corrected chi connectivity index (χ0v) is 15.8. The standard InChI is InChI=1S/C19H40N2O3/c1-2-3-4-5-6-7-8-9-10-11-13-20-14-16-21(17-18-22)15-12-19(23)24/h20,22H,2-18H2,1H3,(H,23,24). The highest BCUT2D eigenvalue weighted by Crippen LogP contribution is 2.10. The van der Waals surface area contributed by atoms with E-state index >= 15 is 0 Å². The number of nitrogens with zero attached hydrogens (tertiary/aromatic N) is 1. The predicted octanol–water partition coefficient (Wildman–Crippen LogP) is 3.27. The fourth-order valence-electron chi connectivity index (χ4n) is 2.83. The molecule has 0 aliphatic carbocycles. The van der Waals surface area contributed by atoms with E-state index in [1.54, 1.807) is 0 Å². The molecule has 0 unspecified atom stereocenters. The van der Waals surface area contributed by atoms with Gasteiger partial charge in [0.1, 0.15) is 0 Å². The second-order valence-corrected chi connectivity index (χ2v) is 6.64. The van der Waals surface area contributed by atoms with Crippen LogP contribution in [-0.4, -0.2) is 60.4 Å². The maximum atomic E-state index is 10.6. The van der Waals surface area contributed by atoms with Crippen LogP contribution >= 0.6 is 0 Å². The molecule has 24 heavy (non-hydrogen) atoms. The lowest BCUT2D eigenvalue weighted by atomic mass is 10.1. The Labute approximate surface area is 148 Å². The first-order chi connectivity index (χ1) is 11.7. The van der Waals surface area contributed by atoms with Crippen molar-refractivity contribution in [2.45, 2.75) is 77.6 Å². The SMILES string of the molecule is CCCCCCCCCCCCNCCN(CCO)CCC(=O)O. The Hall–Kier alpha value is -0.650. The molecule has 0 aromatic heterocycles. The minimum atomic E-state index is -0.781. The van der Waals surface area contributed by atoms with Gasteiger partial charge in [-0.1, -0.05) is 64.7 Å². The van der Waals surface area contributed by atoms with Crippen molar-refractivity contribution >= 4 is 5.97 Å². The summed E-state index contributed by atoms with van der Waals surface area (Å²) >= 11 is 0. The van der Waals surface area contributed by atoms with Crippen molar-refractivity contribution in [3.63, 3.8) is 0 Å². The number of nitrogens with one attached hydrogen (secondary N) is 1. The van der Waals surface area contributed by atoms with Crippen molar-refractivity contribution in [1.29, 1.82) is 0 Å². The first-order valence-electron chi connectivity index (χ1n) is 9.96. The van der Waals surface area contributed by atoms with Gasteiger partial charge in [0.05, 0.1) is 13.0 Å². The average Bonchev–Trinajstić information content (AvgIpc) is 2.56. The van der Waals surface area contributed by atoms with Gasteiger partial charge in [0, 0.05) is 26.2 Å². The smallest absolute Gasteiger partial charge is 0.304 e. The Kier molecular flexibility index (Phi) is 18.2. The minimum absolute atomic E-state index is 0.0814. The van der Waals surface area contributed by atoms with Gasteiger partial charge in [0.25, 0.3) is 0 Å². The largest absolute Gasteiger partial charge is 0.481 e. The van der Waals surface area contributed by atoms with Crippen LogP contribution in [0.15, 0.2) is 0 Å². The van der Waals surface area contributed by atoms with Gasteiger partial charge in [0.2, 0.25) is 0 Å². The third-order valence-electron chi connectivity index (χ3n) is 4.37. The van der Waals surface area contributed by atoms with E-state index in [1.807, 2.05) is 4.90 Å². The van der Waals surface area contributed by atoms with Crippen LogP contribution in [0.1, 0.15) is 77.6 Å². The van der Waals surface area contributed by atoms with Crippen LogP contribution in [-0.2, 0) is 4.79 Å². The molecule has 0 aromatic rings. The number of carboxylic acid groups (broad SMARTS) is 1. The lowest BCUT2D eigenvalue weighted by molar-refractivity contribution is -0.137. The first-order valence-corrected chi connectivity index (χ1v) is 9.96. The Morgan fingerprint density at radius 2 is 1.42 bits per heavy atom. The summed E-state index contributed by atoms with van der Waals surface area (Å²) < 4.78 is 0. The number of aliphatic hydroxyl groups excluding tert-OH is 1. The molecule has 0 heterocycles. The van der Waals surface area contributed by atoms with Crippen molar-refractivity contribution in [1.82, 2.24) is 10.2 Å². The monoisotopic (exact) mass is 344 g/mol. The first kappa shape index (κ1) is 23.4. The van der Waals surface area contributed by atoms with Crippen molar-refractivity contribution < 1.29 is 15.0 Å².